The van der Waals surface area contributed by atoms with Crippen LogP contribution in [0, 0.1) is 0 Å². The van der Waals surface area contributed by atoms with Gasteiger partial charge in [-0.15, -0.1) is 6.58 Å². The highest BCUT2D eigenvalue weighted by atomic mass is 32.2. The molecule has 0 spiro atoms. The predicted octanol–water partition coefficient (Wildman–Crippen LogP) is 1.51. The van der Waals surface area contributed by atoms with E-state index >= 15 is 0 Å². The highest BCUT2D eigenvalue weighted by molar-refractivity contribution is 7.99. The Morgan fingerprint density at radius 1 is 1.56 bits per heavy atom. The number of hydrogen-bond acceptors (Lipinski definition) is 5. The van der Waals surface area contributed by atoms with Gasteiger partial charge in [0, 0.05) is 18.1 Å². The summed E-state index contributed by atoms with van der Waals surface area (Å²) in [4.78, 5) is 18.2. The average Bonchev–Trinajstić information content (AvgIpc) is 2.29. The van der Waals surface area contributed by atoms with Crippen molar-refractivity contribution in [2.75, 3.05) is 23.4 Å². The largest absolute Gasteiger partial charge is 0.476 e. The normalized spacial score (nSPS) is 9.75. The Balaban J connectivity index is 2.32. The van der Waals surface area contributed by atoms with Gasteiger partial charge in [-0.25, -0.2) is 14.8 Å². The Hall–Kier alpha value is -1.56. The third kappa shape index (κ3) is 4.31. The first kappa shape index (κ1) is 12.5. The number of carboxylic acids is 1. The van der Waals surface area contributed by atoms with Gasteiger partial charge in [0.05, 0.1) is 12.4 Å². The van der Waals surface area contributed by atoms with Crippen molar-refractivity contribution < 1.29 is 9.90 Å². The summed E-state index contributed by atoms with van der Waals surface area (Å²) >= 11 is 1.76. The third-order valence-electron chi connectivity index (χ3n) is 1.66. The van der Waals surface area contributed by atoms with E-state index in [9.17, 15) is 4.79 Å². The summed E-state index contributed by atoms with van der Waals surface area (Å²) in [5.41, 5.74) is -0.0495. The maximum absolute atomic E-state index is 10.5. The van der Waals surface area contributed by atoms with Crippen LogP contribution in [0.25, 0.3) is 0 Å². The topological polar surface area (TPSA) is 75.1 Å². The molecule has 0 saturated heterocycles. The average molecular weight is 239 g/mol. The van der Waals surface area contributed by atoms with Crippen LogP contribution in [-0.2, 0) is 0 Å². The highest BCUT2D eigenvalue weighted by Crippen LogP contribution is 2.03. The number of rotatable bonds is 7. The fourth-order valence-corrected chi connectivity index (χ4v) is 1.53. The van der Waals surface area contributed by atoms with Crippen molar-refractivity contribution in [1.29, 1.82) is 0 Å². The van der Waals surface area contributed by atoms with Crippen LogP contribution in [0.15, 0.2) is 25.0 Å². The summed E-state index contributed by atoms with van der Waals surface area (Å²) in [5.74, 6) is 1.38. The second-order valence-electron chi connectivity index (χ2n) is 2.88. The molecule has 0 unspecified atom stereocenters. The van der Waals surface area contributed by atoms with E-state index in [1.165, 1.54) is 12.4 Å². The van der Waals surface area contributed by atoms with Crippen molar-refractivity contribution in [2.45, 2.75) is 0 Å². The molecule has 16 heavy (non-hydrogen) atoms. The van der Waals surface area contributed by atoms with E-state index in [1.807, 2.05) is 6.08 Å². The molecule has 0 aliphatic carbocycles. The van der Waals surface area contributed by atoms with Crippen molar-refractivity contribution in [3.05, 3.63) is 30.7 Å². The van der Waals surface area contributed by atoms with Crippen LogP contribution in [0.3, 0.4) is 0 Å². The van der Waals surface area contributed by atoms with E-state index in [1.54, 1.807) is 11.8 Å². The molecule has 0 aliphatic heterocycles. The van der Waals surface area contributed by atoms with Crippen molar-refractivity contribution in [1.82, 2.24) is 9.97 Å². The standard InChI is InChI=1S/C10H13N3O2S/c1-2-4-16-5-3-11-9-7-12-8(6-13-9)10(14)15/h2,6-7H,1,3-5H2,(H,11,13)(H,14,15). The molecule has 0 saturated carbocycles. The van der Waals surface area contributed by atoms with Crippen molar-refractivity contribution >= 4 is 23.5 Å². The lowest BCUT2D eigenvalue weighted by atomic mass is 10.4. The van der Waals surface area contributed by atoms with Gasteiger partial charge in [-0.3, -0.25) is 0 Å². The quantitative estimate of drug-likeness (QED) is 0.555. The maximum Gasteiger partial charge on any atom is 0.356 e. The molecule has 1 heterocycles. The number of hydrogen-bond donors (Lipinski definition) is 2. The molecule has 0 aliphatic rings. The Morgan fingerprint density at radius 2 is 2.38 bits per heavy atom. The van der Waals surface area contributed by atoms with Crippen molar-refractivity contribution in [3.8, 4) is 0 Å². The Kier molecular flexibility index (Phi) is 5.35. The van der Waals surface area contributed by atoms with E-state index in [2.05, 4.69) is 21.9 Å². The molecule has 0 fully saturated rings. The first-order valence-electron chi connectivity index (χ1n) is 4.72. The first-order valence-corrected chi connectivity index (χ1v) is 5.87. The summed E-state index contributed by atoms with van der Waals surface area (Å²) in [5, 5.41) is 11.7. The summed E-state index contributed by atoms with van der Waals surface area (Å²) in [7, 11) is 0. The monoisotopic (exact) mass is 239 g/mol. The number of carboxylic acid groups (broad SMARTS) is 1. The number of aromatic nitrogens is 2. The number of nitrogens with one attached hydrogen (secondary N) is 1. The minimum absolute atomic E-state index is 0.0495. The summed E-state index contributed by atoms with van der Waals surface area (Å²) in [6, 6.07) is 0. The van der Waals surface area contributed by atoms with E-state index in [0.717, 1.165) is 18.1 Å². The van der Waals surface area contributed by atoms with E-state index in [-0.39, 0.29) is 5.69 Å². The number of aromatic carboxylic acids is 1. The van der Waals surface area contributed by atoms with Crippen LogP contribution in [0.4, 0.5) is 5.82 Å². The lowest BCUT2D eigenvalue weighted by Crippen LogP contribution is -2.08. The van der Waals surface area contributed by atoms with Crippen molar-refractivity contribution in [3.63, 3.8) is 0 Å². The van der Waals surface area contributed by atoms with Crippen LogP contribution in [-0.4, -0.2) is 39.1 Å². The minimum Gasteiger partial charge on any atom is -0.476 e. The van der Waals surface area contributed by atoms with E-state index in [4.69, 9.17) is 5.11 Å². The van der Waals surface area contributed by atoms with Gasteiger partial charge in [0.25, 0.3) is 0 Å². The summed E-state index contributed by atoms with van der Waals surface area (Å²) in [6.07, 6.45) is 4.51. The Morgan fingerprint density at radius 3 is 2.94 bits per heavy atom. The molecule has 86 valence electrons. The van der Waals surface area contributed by atoms with E-state index in [0.29, 0.717) is 5.82 Å². The van der Waals surface area contributed by atoms with Gasteiger partial charge in [-0.05, 0) is 0 Å². The smallest absolute Gasteiger partial charge is 0.356 e. The van der Waals surface area contributed by atoms with Gasteiger partial charge < -0.3 is 10.4 Å². The van der Waals surface area contributed by atoms with Gasteiger partial charge in [0.15, 0.2) is 5.69 Å². The van der Waals surface area contributed by atoms with Gasteiger partial charge in [0.2, 0.25) is 0 Å². The molecule has 1 aromatic heterocycles. The SMILES string of the molecule is C=CCSCCNc1cnc(C(=O)O)cn1. The molecule has 0 atom stereocenters. The second kappa shape index (κ2) is 6.84. The first-order chi connectivity index (χ1) is 7.74. The summed E-state index contributed by atoms with van der Waals surface area (Å²) < 4.78 is 0. The molecule has 2 N–H and O–H groups in total. The van der Waals surface area contributed by atoms with Gasteiger partial charge in [-0.2, -0.15) is 11.8 Å². The number of anilines is 1. The zero-order valence-electron chi connectivity index (χ0n) is 8.72. The second-order valence-corrected chi connectivity index (χ2v) is 4.03. The van der Waals surface area contributed by atoms with Crippen LogP contribution in [0.5, 0.6) is 0 Å². The number of carbonyl (C=O) groups is 1. The fourth-order valence-electron chi connectivity index (χ4n) is 0.948. The molecular weight excluding hydrogens is 226 g/mol. The molecule has 0 radical (unpaired) electrons. The molecule has 0 amide bonds. The fraction of sp³-hybridized carbons (Fsp3) is 0.300. The van der Waals surface area contributed by atoms with E-state index < -0.39 is 5.97 Å². The number of thioether (sulfide) groups is 1. The predicted molar refractivity (Wildman–Crippen MR) is 65.0 cm³/mol. The van der Waals surface area contributed by atoms with Gasteiger partial charge in [0.1, 0.15) is 5.82 Å². The van der Waals surface area contributed by atoms with Gasteiger partial charge >= 0.3 is 5.97 Å². The van der Waals surface area contributed by atoms with Crippen molar-refractivity contribution in [2.24, 2.45) is 0 Å². The third-order valence-corrected chi connectivity index (χ3v) is 2.62. The van der Waals surface area contributed by atoms with Gasteiger partial charge in [-0.1, -0.05) is 6.08 Å². The summed E-state index contributed by atoms with van der Waals surface area (Å²) in [6.45, 7) is 4.39. The molecule has 0 bridgehead atoms. The van der Waals surface area contributed by atoms with Crippen LogP contribution in [0.1, 0.15) is 10.5 Å². The lowest BCUT2D eigenvalue weighted by molar-refractivity contribution is 0.0690. The molecule has 1 rings (SSSR count). The molecule has 0 aromatic carbocycles. The zero-order valence-corrected chi connectivity index (χ0v) is 9.54. The lowest BCUT2D eigenvalue weighted by Gasteiger charge is -2.03. The molecule has 5 nitrogen and oxygen atoms in total. The Labute approximate surface area is 98.0 Å². The van der Waals surface area contributed by atoms with Crippen LogP contribution >= 0.6 is 11.8 Å². The molecule has 6 heteroatoms. The molecular formula is C10H13N3O2S. The number of nitrogens with zero attached hydrogens (tertiary/aromatic N) is 2. The minimum atomic E-state index is -1.07. The Bertz CT molecular complexity index is 354. The zero-order chi connectivity index (χ0) is 11.8. The maximum atomic E-state index is 10.5. The highest BCUT2D eigenvalue weighted by Gasteiger charge is 2.03. The van der Waals surface area contributed by atoms with Crippen LogP contribution in [0.2, 0.25) is 0 Å². The van der Waals surface area contributed by atoms with Crippen LogP contribution < -0.4 is 5.32 Å². The molecule has 1 aromatic rings.